The zero-order valence-corrected chi connectivity index (χ0v) is 26.0. The Balaban J connectivity index is 1.30. The number of rotatable bonds is 13. The Kier molecular flexibility index (Phi) is 9.33. The lowest BCUT2D eigenvalue weighted by atomic mass is 9.84. The number of aliphatic imine (C=N–C) groups is 1. The van der Waals surface area contributed by atoms with E-state index in [2.05, 4.69) is 20.0 Å². The fourth-order valence-corrected chi connectivity index (χ4v) is 7.29. The van der Waals surface area contributed by atoms with E-state index >= 15 is 0 Å². The number of carbonyl (C=O) groups is 2. The van der Waals surface area contributed by atoms with Gasteiger partial charge in [-0.2, -0.15) is 0 Å². The second kappa shape index (κ2) is 12.7. The van der Waals surface area contributed by atoms with Crippen molar-refractivity contribution in [1.29, 1.82) is 0 Å². The van der Waals surface area contributed by atoms with Crippen molar-refractivity contribution in [2.45, 2.75) is 57.1 Å². The molecule has 3 unspecified atom stereocenters. The van der Waals surface area contributed by atoms with E-state index < -0.39 is 54.7 Å². The molecule has 0 spiro atoms. The maximum absolute atomic E-state index is 13.9. The van der Waals surface area contributed by atoms with Crippen LogP contribution in [0.2, 0.25) is 0 Å². The van der Waals surface area contributed by atoms with Gasteiger partial charge in [0.1, 0.15) is 12.2 Å². The number of thioether (sulfide) groups is 1. The van der Waals surface area contributed by atoms with Crippen LogP contribution in [0.4, 0.5) is 16.4 Å². The number of nitrogens with one attached hydrogen (secondary N) is 2. The number of hydrogen-bond donors (Lipinski definition) is 4. The van der Waals surface area contributed by atoms with Crippen LogP contribution in [-0.4, -0.2) is 82.0 Å². The molecule has 6 atom stereocenters. The molecule has 0 saturated carbocycles. The average Bonchev–Trinajstić information content (AvgIpc) is 3.62. The molecule has 2 aromatic rings. The number of benzene rings is 1. The minimum absolute atomic E-state index is 0.0691. The van der Waals surface area contributed by atoms with Gasteiger partial charge in [0.05, 0.1) is 36.8 Å². The van der Waals surface area contributed by atoms with Crippen LogP contribution < -0.4 is 16.4 Å². The van der Waals surface area contributed by atoms with Crippen molar-refractivity contribution >= 4 is 48.6 Å². The highest BCUT2D eigenvalue weighted by molar-refractivity contribution is 8.13. The minimum Gasteiger partial charge on any atom is -0.424 e. The molecule has 0 radical (unpaired) electrons. The van der Waals surface area contributed by atoms with Gasteiger partial charge in [-0.1, -0.05) is 42.1 Å². The van der Waals surface area contributed by atoms with Crippen molar-refractivity contribution in [3.63, 3.8) is 0 Å². The van der Waals surface area contributed by atoms with Gasteiger partial charge < -0.3 is 25.1 Å². The first kappa shape index (κ1) is 32.3. The van der Waals surface area contributed by atoms with Gasteiger partial charge in [0.2, 0.25) is 5.95 Å². The molecule has 3 aliphatic rings. The standard InChI is InChI=1S/C27H34N5O10PS/c1-26(2,14-33)23(35)44-10-9-38-43(37,30-11-15-7-5-4-6-8-15)39-13-17-21-27(3,42-25(36)41-21)20(40-17)16-12-29-19-18(16)31-24(28)32-22(19)34/h4-8,12,16-17,20-21,33H,9-11,13-14H2,1-3H3,(H,30,37)(H3,28,31,32,34)/t16?,17-,20+,21+,27?,43?/m1/s1. The Labute approximate surface area is 256 Å². The molecule has 4 heterocycles. The number of H-pyrrole nitrogens is 1. The van der Waals surface area contributed by atoms with Gasteiger partial charge in [0, 0.05) is 18.5 Å². The van der Waals surface area contributed by atoms with Crippen LogP contribution in [0.3, 0.4) is 0 Å². The first-order chi connectivity index (χ1) is 20.8. The van der Waals surface area contributed by atoms with Crippen molar-refractivity contribution in [2.24, 2.45) is 10.4 Å². The number of anilines is 1. The topological polar surface area (TPSA) is 214 Å². The summed E-state index contributed by atoms with van der Waals surface area (Å²) in [4.78, 5) is 47.8. The number of hydrogen-bond acceptors (Lipinski definition) is 14. The molecule has 5 rings (SSSR count). The molecule has 238 valence electrons. The number of nitrogens with two attached hydrogens (primary N) is 1. The molecule has 0 amide bonds. The summed E-state index contributed by atoms with van der Waals surface area (Å²) in [6, 6.07) is 9.18. The number of aromatic amines is 1. The van der Waals surface area contributed by atoms with Crippen LogP contribution in [0.25, 0.3) is 0 Å². The summed E-state index contributed by atoms with van der Waals surface area (Å²) in [6.07, 6.45) is -2.26. The Morgan fingerprint density at radius 2 is 2.00 bits per heavy atom. The fourth-order valence-electron chi connectivity index (χ4n) is 5.05. The SMILES string of the molecule is CC(C)(CO)C(=O)SCCOP(=O)(NCc1ccccc1)OC[C@H]1O[C@@H](C2C=Nc3c2nc(N)[nH]c3=O)C2(C)OC(=O)O[C@@H]12. The number of fused-ring (bicyclic) bond motifs is 2. The first-order valence-corrected chi connectivity index (χ1v) is 16.3. The van der Waals surface area contributed by atoms with E-state index in [0.29, 0.717) is 0 Å². The van der Waals surface area contributed by atoms with Crippen molar-refractivity contribution in [3.8, 4) is 0 Å². The third-order valence-electron chi connectivity index (χ3n) is 7.52. The third kappa shape index (κ3) is 6.61. The smallest absolute Gasteiger partial charge is 0.424 e. The van der Waals surface area contributed by atoms with Crippen LogP contribution >= 0.6 is 19.5 Å². The number of aliphatic hydroxyl groups excluding tert-OH is 1. The summed E-state index contributed by atoms with van der Waals surface area (Å²) >= 11 is 0.951. The van der Waals surface area contributed by atoms with Crippen LogP contribution in [0.5, 0.6) is 0 Å². The molecular formula is C27H34N5O10PS. The van der Waals surface area contributed by atoms with Crippen LogP contribution in [0, 0.1) is 5.41 Å². The summed E-state index contributed by atoms with van der Waals surface area (Å²) in [5.74, 6) is -0.656. The van der Waals surface area contributed by atoms with E-state index in [-0.39, 0.29) is 54.6 Å². The highest BCUT2D eigenvalue weighted by atomic mass is 32.2. The number of nitrogens with zero attached hydrogens (tertiary/aromatic N) is 2. The zero-order valence-electron chi connectivity index (χ0n) is 24.3. The second-order valence-corrected chi connectivity index (χ2v) is 14.2. The van der Waals surface area contributed by atoms with E-state index in [9.17, 15) is 24.1 Å². The number of ether oxygens (including phenoxy) is 3. The number of aliphatic hydroxyl groups is 1. The molecule has 17 heteroatoms. The lowest BCUT2D eigenvalue weighted by Crippen LogP contribution is -2.46. The molecule has 2 fully saturated rings. The Hall–Kier alpha value is -3.11. The molecule has 3 aliphatic heterocycles. The lowest BCUT2D eigenvalue weighted by molar-refractivity contribution is -0.119. The summed E-state index contributed by atoms with van der Waals surface area (Å²) in [7, 11) is -4.02. The molecule has 1 aromatic heterocycles. The molecule has 0 aliphatic carbocycles. The van der Waals surface area contributed by atoms with Gasteiger partial charge in [-0.25, -0.2) is 19.4 Å². The minimum atomic E-state index is -4.02. The number of carbonyl (C=O) groups excluding carboxylic acids is 2. The average molecular weight is 652 g/mol. The maximum atomic E-state index is 13.9. The quantitative estimate of drug-likeness (QED) is 0.139. The van der Waals surface area contributed by atoms with E-state index in [0.717, 1.165) is 17.3 Å². The molecule has 15 nitrogen and oxygen atoms in total. The number of nitrogen functional groups attached to an aromatic ring is 1. The van der Waals surface area contributed by atoms with E-state index in [4.69, 9.17) is 29.0 Å². The highest BCUT2D eigenvalue weighted by Gasteiger charge is 2.65. The fraction of sp³-hybridized carbons (Fsp3) is 0.519. The first-order valence-electron chi connectivity index (χ1n) is 13.8. The zero-order chi connectivity index (χ0) is 31.7. The normalized spacial score (nSPS) is 27.0. The van der Waals surface area contributed by atoms with Crippen molar-refractivity contribution < 1.29 is 42.5 Å². The van der Waals surface area contributed by atoms with Gasteiger partial charge in [-0.3, -0.25) is 28.6 Å². The third-order valence-corrected chi connectivity index (χ3v) is 10.3. The van der Waals surface area contributed by atoms with E-state index in [1.165, 1.54) is 6.21 Å². The van der Waals surface area contributed by atoms with Gasteiger partial charge in [-0.05, 0) is 26.3 Å². The monoisotopic (exact) mass is 651 g/mol. The predicted molar refractivity (Wildman–Crippen MR) is 160 cm³/mol. The highest BCUT2D eigenvalue weighted by Crippen LogP contribution is 2.50. The summed E-state index contributed by atoms with van der Waals surface area (Å²) in [5.41, 5.74) is 4.13. The Morgan fingerprint density at radius 1 is 1.25 bits per heavy atom. The largest absolute Gasteiger partial charge is 0.509 e. The summed E-state index contributed by atoms with van der Waals surface area (Å²) in [5, 5.41) is 12.0. The van der Waals surface area contributed by atoms with Gasteiger partial charge >= 0.3 is 13.9 Å². The molecule has 5 N–H and O–H groups in total. The Bertz CT molecular complexity index is 1540. The molecule has 44 heavy (non-hydrogen) atoms. The predicted octanol–water partition coefficient (Wildman–Crippen LogP) is 2.42. The lowest BCUT2D eigenvalue weighted by Gasteiger charge is -2.28. The van der Waals surface area contributed by atoms with E-state index in [1.807, 2.05) is 30.3 Å². The van der Waals surface area contributed by atoms with Crippen LogP contribution in [-0.2, 0) is 39.2 Å². The van der Waals surface area contributed by atoms with Gasteiger partial charge in [0.15, 0.2) is 22.5 Å². The maximum Gasteiger partial charge on any atom is 0.509 e. The number of aromatic nitrogens is 2. The van der Waals surface area contributed by atoms with Crippen molar-refractivity contribution in [1.82, 2.24) is 15.1 Å². The molecular weight excluding hydrogens is 617 g/mol. The van der Waals surface area contributed by atoms with Gasteiger partial charge in [0.25, 0.3) is 5.56 Å². The Morgan fingerprint density at radius 3 is 2.73 bits per heavy atom. The summed E-state index contributed by atoms with van der Waals surface area (Å²) in [6.45, 7) is 4.27. The van der Waals surface area contributed by atoms with Gasteiger partial charge in [-0.15, -0.1) is 0 Å². The van der Waals surface area contributed by atoms with E-state index in [1.54, 1.807) is 20.8 Å². The summed E-state index contributed by atoms with van der Waals surface area (Å²) < 4.78 is 42.7. The van der Waals surface area contributed by atoms with Crippen molar-refractivity contribution in [3.05, 3.63) is 51.9 Å². The second-order valence-electron chi connectivity index (χ2n) is 11.3. The molecule has 1 aromatic carbocycles. The van der Waals surface area contributed by atoms with Crippen LogP contribution in [0.1, 0.15) is 37.9 Å². The van der Waals surface area contributed by atoms with Crippen molar-refractivity contribution in [2.75, 3.05) is 31.3 Å². The van der Waals surface area contributed by atoms with Crippen LogP contribution in [0.15, 0.2) is 40.1 Å². The molecule has 2 saturated heterocycles. The molecule has 0 bridgehead atoms.